The van der Waals surface area contributed by atoms with E-state index >= 15 is 0 Å². The molecular weight excluding hydrogens is 238 g/mol. The minimum absolute atomic E-state index is 0.573. The first kappa shape index (κ1) is 13.3. The van der Waals surface area contributed by atoms with E-state index in [2.05, 4.69) is 46.6 Å². The Hall–Kier alpha value is -2.14. The van der Waals surface area contributed by atoms with Crippen molar-refractivity contribution in [2.75, 3.05) is 23.7 Å². The summed E-state index contributed by atoms with van der Waals surface area (Å²) in [6.45, 7) is 5.46. The van der Waals surface area contributed by atoms with Crippen molar-refractivity contribution in [2.24, 2.45) is 5.73 Å². The summed E-state index contributed by atoms with van der Waals surface area (Å²) in [7, 11) is 0. The van der Waals surface area contributed by atoms with Crippen molar-refractivity contribution >= 4 is 17.3 Å². The highest BCUT2D eigenvalue weighted by molar-refractivity contribution is 5.60. The van der Waals surface area contributed by atoms with E-state index in [1.807, 2.05) is 12.1 Å². The van der Waals surface area contributed by atoms with E-state index in [4.69, 9.17) is 5.73 Å². The third-order valence-corrected chi connectivity index (χ3v) is 2.90. The normalized spacial score (nSPS) is 10.3. The monoisotopic (exact) mass is 257 g/mol. The Balaban J connectivity index is 2.11. The summed E-state index contributed by atoms with van der Waals surface area (Å²) in [6.07, 6.45) is 1.53. The number of hydrogen-bond donors (Lipinski definition) is 3. The summed E-state index contributed by atoms with van der Waals surface area (Å²) >= 11 is 0. The number of nitrogens with two attached hydrogens (primary N) is 1. The van der Waals surface area contributed by atoms with E-state index in [1.54, 1.807) is 0 Å². The molecule has 5 heteroatoms. The Bertz CT molecular complexity index is 553. The number of aryl methyl sites for hydroxylation is 2. The minimum atomic E-state index is 0.573. The lowest BCUT2D eigenvalue weighted by molar-refractivity contribution is 1.00. The van der Waals surface area contributed by atoms with Crippen LogP contribution < -0.4 is 16.4 Å². The molecule has 0 bridgehead atoms. The smallest absolute Gasteiger partial charge is 0.135 e. The summed E-state index contributed by atoms with van der Waals surface area (Å²) in [5.74, 6) is 1.53. The number of hydrogen-bond acceptors (Lipinski definition) is 5. The van der Waals surface area contributed by atoms with E-state index in [9.17, 15) is 0 Å². The molecule has 1 heterocycles. The van der Waals surface area contributed by atoms with Crippen LogP contribution in [0.15, 0.2) is 30.6 Å². The summed E-state index contributed by atoms with van der Waals surface area (Å²) in [5, 5.41) is 6.39. The minimum Gasteiger partial charge on any atom is -0.369 e. The average molecular weight is 257 g/mol. The predicted molar refractivity (Wildman–Crippen MR) is 78.8 cm³/mol. The fourth-order valence-electron chi connectivity index (χ4n) is 1.69. The second kappa shape index (κ2) is 6.15. The average Bonchev–Trinajstić information content (AvgIpc) is 2.41. The van der Waals surface area contributed by atoms with Crippen LogP contribution in [0, 0.1) is 13.8 Å². The van der Waals surface area contributed by atoms with Crippen molar-refractivity contribution in [3.63, 3.8) is 0 Å². The molecule has 100 valence electrons. The summed E-state index contributed by atoms with van der Waals surface area (Å²) in [6, 6.07) is 8.10. The van der Waals surface area contributed by atoms with Gasteiger partial charge in [-0.1, -0.05) is 6.07 Å². The summed E-state index contributed by atoms with van der Waals surface area (Å²) < 4.78 is 0. The number of nitrogens with zero attached hydrogens (tertiary/aromatic N) is 2. The molecule has 0 aliphatic carbocycles. The second-order valence-electron chi connectivity index (χ2n) is 4.43. The molecule has 1 aromatic carbocycles. The van der Waals surface area contributed by atoms with Crippen LogP contribution in [-0.2, 0) is 0 Å². The molecule has 1 aromatic heterocycles. The Morgan fingerprint density at radius 3 is 2.58 bits per heavy atom. The van der Waals surface area contributed by atoms with Crippen molar-refractivity contribution in [3.05, 3.63) is 41.7 Å². The zero-order chi connectivity index (χ0) is 13.7. The zero-order valence-corrected chi connectivity index (χ0v) is 11.3. The van der Waals surface area contributed by atoms with Crippen LogP contribution in [0.3, 0.4) is 0 Å². The van der Waals surface area contributed by atoms with E-state index in [1.165, 1.54) is 17.5 Å². The fourth-order valence-corrected chi connectivity index (χ4v) is 1.69. The second-order valence-corrected chi connectivity index (χ2v) is 4.43. The van der Waals surface area contributed by atoms with Crippen LogP contribution in [0.5, 0.6) is 0 Å². The predicted octanol–water partition coefficient (Wildman–Crippen LogP) is 2.21. The molecule has 2 rings (SSSR count). The van der Waals surface area contributed by atoms with Crippen LogP contribution in [0.25, 0.3) is 0 Å². The van der Waals surface area contributed by atoms with Crippen molar-refractivity contribution < 1.29 is 0 Å². The first-order valence-corrected chi connectivity index (χ1v) is 6.29. The number of benzene rings is 1. The molecule has 0 fully saturated rings. The number of nitrogens with one attached hydrogen (secondary N) is 2. The summed E-state index contributed by atoms with van der Waals surface area (Å²) in [4.78, 5) is 8.33. The highest BCUT2D eigenvalue weighted by atomic mass is 15.1. The molecule has 0 unspecified atom stereocenters. The standard InChI is InChI=1S/C14H19N5/c1-10-3-4-12(7-11(10)2)19-14-8-13(16-6-5-15)17-9-18-14/h3-4,7-9H,5-6,15H2,1-2H3,(H2,16,17,18,19). The molecule has 0 radical (unpaired) electrons. The Morgan fingerprint density at radius 1 is 1.05 bits per heavy atom. The van der Waals surface area contributed by atoms with Crippen LogP contribution in [0.1, 0.15) is 11.1 Å². The molecule has 0 aliphatic heterocycles. The topological polar surface area (TPSA) is 75.9 Å². The van der Waals surface area contributed by atoms with Crippen LogP contribution in [0.4, 0.5) is 17.3 Å². The maximum Gasteiger partial charge on any atom is 0.135 e. The lowest BCUT2D eigenvalue weighted by Crippen LogP contribution is -2.14. The molecule has 0 saturated heterocycles. The maximum atomic E-state index is 5.45. The summed E-state index contributed by atoms with van der Waals surface area (Å²) in [5.41, 5.74) is 8.99. The lowest BCUT2D eigenvalue weighted by Gasteiger charge is -2.09. The quantitative estimate of drug-likeness (QED) is 0.765. The fraction of sp³-hybridized carbons (Fsp3) is 0.286. The van der Waals surface area contributed by atoms with Crippen molar-refractivity contribution in [1.29, 1.82) is 0 Å². The van der Waals surface area contributed by atoms with E-state index < -0.39 is 0 Å². The van der Waals surface area contributed by atoms with Gasteiger partial charge in [0.25, 0.3) is 0 Å². The Kier molecular flexibility index (Phi) is 4.30. The molecule has 0 saturated carbocycles. The molecule has 0 aliphatic rings. The van der Waals surface area contributed by atoms with Crippen molar-refractivity contribution in [1.82, 2.24) is 9.97 Å². The van der Waals surface area contributed by atoms with Gasteiger partial charge in [0, 0.05) is 24.8 Å². The molecule has 0 atom stereocenters. The van der Waals surface area contributed by atoms with Gasteiger partial charge in [0.05, 0.1) is 0 Å². The van der Waals surface area contributed by atoms with Gasteiger partial charge in [0.15, 0.2) is 0 Å². The van der Waals surface area contributed by atoms with Gasteiger partial charge in [-0.15, -0.1) is 0 Å². The van der Waals surface area contributed by atoms with Gasteiger partial charge < -0.3 is 16.4 Å². The first-order valence-electron chi connectivity index (χ1n) is 6.29. The van der Waals surface area contributed by atoms with Gasteiger partial charge in [-0.25, -0.2) is 9.97 Å². The number of aromatic nitrogens is 2. The Morgan fingerprint density at radius 2 is 1.84 bits per heavy atom. The third-order valence-electron chi connectivity index (χ3n) is 2.90. The van der Waals surface area contributed by atoms with Gasteiger partial charge in [0.1, 0.15) is 18.0 Å². The third kappa shape index (κ3) is 3.66. The van der Waals surface area contributed by atoms with Gasteiger partial charge in [-0.05, 0) is 37.1 Å². The highest BCUT2D eigenvalue weighted by Gasteiger charge is 2.00. The SMILES string of the molecule is Cc1ccc(Nc2cc(NCCN)ncn2)cc1C. The van der Waals surface area contributed by atoms with Crippen molar-refractivity contribution in [2.45, 2.75) is 13.8 Å². The van der Waals surface area contributed by atoms with Crippen molar-refractivity contribution in [3.8, 4) is 0 Å². The van der Waals surface area contributed by atoms with Crippen LogP contribution >= 0.6 is 0 Å². The first-order chi connectivity index (χ1) is 9.19. The highest BCUT2D eigenvalue weighted by Crippen LogP contribution is 2.19. The molecule has 19 heavy (non-hydrogen) atoms. The molecular formula is C14H19N5. The maximum absolute atomic E-state index is 5.45. The molecule has 2 aromatic rings. The van der Waals surface area contributed by atoms with Crippen LogP contribution in [0.2, 0.25) is 0 Å². The largest absolute Gasteiger partial charge is 0.369 e. The molecule has 0 amide bonds. The van der Waals surface area contributed by atoms with Gasteiger partial charge in [0.2, 0.25) is 0 Å². The molecule has 4 N–H and O–H groups in total. The van der Waals surface area contributed by atoms with E-state index in [0.29, 0.717) is 13.1 Å². The van der Waals surface area contributed by atoms with Gasteiger partial charge >= 0.3 is 0 Å². The molecule has 5 nitrogen and oxygen atoms in total. The lowest BCUT2D eigenvalue weighted by atomic mass is 10.1. The van der Waals surface area contributed by atoms with E-state index in [0.717, 1.165) is 17.3 Å². The van der Waals surface area contributed by atoms with E-state index in [-0.39, 0.29) is 0 Å². The number of anilines is 3. The van der Waals surface area contributed by atoms with Crippen LogP contribution in [-0.4, -0.2) is 23.1 Å². The van der Waals surface area contributed by atoms with Gasteiger partial charge in [-0.2, -0.15) is 0 Å². The molecule has 0 spiro atoms. The number of rotatable bonds is 5. The Labute approximate surface area is 113 Å². The zero-order valence-electron chi connectivity index (χ0n) is 11.3. The van der Waals surface area contributed by atoms with Gasteiger partial charge in [-0.3, -0.25) is 0 Å².